The van der Waals surface area contributed by atoms with Gasteiger partial charge in [0, 0.05) is 0 Å². The van der Waals surface area contributed by atoms with Gasteiger partial charge in [-0.2, -0.15) is 0 Å². The minimum atomic E-state index is 0.0219. The Morgan fingerprint density at radius 2 is 1.65 bits per heavy atom. The molecule has 0 radical (unpaired) electrons. The molecule has 2 nitrogen and oxygen atoms in total. The number of carbonyl (C=O) groups is 1. The quantitative estimate of drug-likeness (QED) is 0.746. The number of ether oxygens (including phenoxy) is 1. The fourth-order valence-corrected chi connectivity index (χ4v) is 1.62. The van der Waals surface area contributed by atoms with Crippen molar-refractivity contribution in [1.29, 1.82) is 0 Å². The van der Waals surface area contributed by atoms with Gasteiger partial charge in [0.1, 0.15) is 12.4 Å². The second-order valence-electron chi connectivity index (χ2n) is 3.83. The molecule has 2 aromatic rings. The molecule has 0 bridgehead atoms. The van der Waals surface area contributed by atoms with Crippen LogP contribution in [0, 0.1) is 0 Å². The lowest BCUT2D eigenvalue weighted by Gasteiger charge is -2.09. The maximum absolute atomic E-state index is 11.4. The number of hydrogen-bond acceptors (Lipinski definition) is 2. The molecule has 0 fully saturated rings. The van der Waals surface area contributed by atoms with Crippen molar-refractivity contribution in [3.05, 3.63) is 65.7 Å². The fourth-order valence-electron chi connectivity index (χ4n) is 1.62. The third-order valence-electron chi connectivity index (χ3n) is 2.50. The molecule has 0 atom stereocenters. The molecule has 2 heteroatoms. The molecule has 0 heterocycles. The minimum absolute atomic E-state index is 0.0219. The molecular formula is C15H14O2. The van der Waals surface area contributed by atoms with Crippen molar-refractivity contribution in [3.63, 3.8) is 0 Å². The van der Waals surface area contributed by atoms with Crippen LogP contribution in [0.25, 0.3) is 0 Å². The zero-order valence-electron chi connectivity index (χ0n) is 9.72. The standard InChI is InChI=1S/C15H14O2/c1-12(16)14-9-5-6-10-15(14)17-11-13-7-3-2-4-8-13/h2-10H,11H2,1H3. The van der Waals surface area contributed by atoms with Gasteiger partial charge < -0.3 is 4.74 Å². The van der Waals surface area contributed by atoms with Crippen LogP contribution in [0.15, 0.2) is 54.6 Å². The summed E-state index contributed by atoms with van der Waals surface area (Å²) in [5.74, 6) is 0.664. The predicted molar refractivity (Wildman–Crippen MR) is 67.2 cm³/mol. The van der Waals surface area contributed by atoms with Crippen LogP contribution in [0.2, 0.25) is 0 Å². The number of ketones is 1. The first-order chi connectivity index (χ1) is 8.27. The Morgan fingerprint density at radius 1 is 1.00 bits per heavy atom. The normalized spacial score (nSPS) is 9.94. The van der Waals surface area contributed by atoms with Crippen molar-refractivity contribution in [3.8, 4) is 5.75 Å². The summed E-state index contributed by atoms with van der Waals surface area (Å²) in [4.78, 5) is 11.4. The molecular weight excluding hydrogens is 212 g/mol. The monoisotopic (exact) mass is 226 g/mol. The summed E-state index contributed by atoms with van der Waals surface area (Å²) in [6.07, 6.45) is 0. The van der Waals surface area contributed by atoms with Gasteiger partial charge >= 0.3 is 0 Å². The predicted octanol–water partition coefficient (Wildman–Crippen LogP) is 3.47. The molecule has 0 spiro atoms. The lowest BCUT2D eigenvalue weighted by Crippen LogP contribution is -2.01. The van der Waals surface area contributed by atoms with Gasteiger partial charge in [-0.15, -0.1) is 0 Å². The molecule has 2 aromatic carbocycles. The molecule has 0 unspecified atom stereocenters. The van der Waals surface area contributed by atoms with Crippen LogP contribution in [0.4, 0.5) is 0 Å². The third-order valence-corrected chi connectivity index (χ3v) is 2.50. The van der Waals surface area contributed by atoms with E-state index in [1.807, 2.05) is 48.5 Å². The van der Waals surface area contributed by atoms with E-state index < -0.39 is 0 Å². The van der Waals surface area contributed by atoms with Crippen LogP contribution in [-0.4, -0.2) is 5.78 Å². The average molecular weight is 226 g/mol. The highest BCUT2D eigenvalue weighted by atomic mass is 16.5. The van der Waals surface area contributed by atoms with Gasteiger partial charge in [-0.3, -0.25) is 4.79 Å². The Morgan fingerprint density at radius 3 is 2.35 bits per heavy atom. The maximum Gasteiger partial charge on any atom is 0.163 e. The second-order valence-corrected chi connectivity index (χ2v) is 3.83. The molecule has 0 N–H and O–H groups in total. The lowest BCUT2D eigenvalue weighted by molar-refractivity contribution is 0.101. The highest BCUT2D eigenvalue weighted by Gasteiger charge is 2.06. The number of rotatable bonds is 4. The highest BCUT2D eigenvalue weighted by Crippen LogP contribution is 2.19. The SMILES string of the molecule is CC(=O)c1ccccc1OCc1ccccc1. The van der Waals surface area contributed by atoms with Crippen LogP contribution in [-0.2, 0) is 6.61 Å². The van der Waals surface area contributed by atoms with E-state index in [4.69, 9.17) is 4.74 Å². The molecule has 0 aromatic heterocycles. The minimum Gasteiger partial charge on any atom is -0.488 e. The summed E-state index contributed by atoms with van der Waals surface area (Å²) in [5, 5.41) is 0. The smallest absolute Gasteiger partial charge is 0.163 e. The molecule has 0 aliphatic rings. The summed E-state index contributed by atoms with van der Waals surface area (Å²) < 4.78 is 5.66. The van der Waals surface area contributed by atoms with Gasteiger partial charge in [-0.1, -0.05) is 42.5 Å². The largest absolute Gasteiger partial charge is 0.488 e. The van der Waals surface area contributed by atoms with Crippen LogP contribution in [0.5, 0.6) is 5.75 Å². The summed E-state index contributed by atoms with van der Waals surface area (Å²) >= 11 is 0. The summed E-state index contributed by atoms with van der Waals surface area (Å²) in [5.41, 5.74) is 1.72. The maximum atomic E-state index is 11.4. The van der Waals surface area contributed by atoms with Crippen LogP contribution >= 0.6 is 0 Å². The summed E-state index contributed by atoms with van der Waals surface area (Å²) in [6.45, 7) is 2.02. The van der Waals surface area contributed by atoms with E-state index in [9.17, 15) is 4.79 Å². The molecule has 0 aliphatic heterocycles. The molecule has 86 valence electrons. The Kier molecular flexibility index (Phi) is 3.55. The van der Waals surface area contributed by atoms with E-state index in [0.717, 1.165) is 5.56 Å². The van der Waals surface area contributed by atoms with Crippen LogP contribution in [0.3, 0.4) is 0 Å². The second kappa shape index (κ2) is 5.30. The molecule has 0 amide bonds. The van der Waals surface area contributed by atoms with E-state index in [-0.39, 0.29) is 5.78 Å². The third kappa shape index (κ3) is 2.94. The van der Waals surface area contributed by atoms with Gasteiger partial charge in [0.15, 0.2) is 5.78 Å². The molecule has 0 saturated carbocycles. The summed E-state index contributed by atoms with van der Waals surface area (Å²) in [6, 6.07) is 17.2. The number of benzene rings is 2. The Bertz CT molecular complexity index is 503. The lowest BCUT2D eigenvalue weighted by atomic mass is 10.1. The van der Waals surface area contributed by atoms with E-state index >= 15 is 0 Å². The van der Waals surface area contributed by atoms with E-state index in [1.54, 1.807) is 13.0 Å². The van der Waals surface area contributed by atoms with Crippen molar-refractivity contribution < 1.29 is 9.53 Å². The van der Waals surface area contributed by atoms with Crippen LogP contribution < -0.4 is 4.74 Å². The number of Topliss-reactive ketones (excluding diaryl/α,β-unsaturated/α-hetero) is 1. The average Bonchev–Trinajstić information content (AvgIpc) is 2.38. The van der Waals surface area contributed by atoms with Crippen molar-refractivity contribution in [2.75, 3.05) is 0 Å². The van der Waals surface area contributed by atoms with Crippen molar-refractivity contribution in [2.24, 2.45) is 0 Å². The highest BCUT2D eigenvalue weighted by molar-refractivity contribution is 5.96. The Balaban J connectivity index is 2.12. The van der Waals surface area contributed by atoms with Gasteiger partial charge in [-0.25, -0.2) is 0 Å². The molecule has 2 rings (SSSR count). The first kappa shape index (κ1) is 11.4. The van der Waals surface area contributed by atoms with Crippen molar-refractivity contribution >= 4 is 5.78 Å². The first-order valence-corrected chi connectivity index (χ1v) is 5.54. The zero-order valence-corrected chi connectivity index (χ0v) is 9.72. The van der Waals surface area contributed by atoms with Crippen molar-refractivity contribution in [1.82, 2.24) is 0 Å². The van der Waals surface area contributed by atoms with E-state index in [1.165, 1.54) is 0 Å². The van der Waals surface area contributed by atoms with Crippen molar-refractivity contribution in [2.45, 2.75) is 13.5 Å². The van der Waals surface area contributed by atoms with Gasteiger partial charge in [0.05, 0.1) is 5.56 Å². The van der Waals surface area contributed by atoms with Crippen LogP contribution in [0.1, 0.15) is 22.8 Å². The molecule has 0 aliphatic carbocycles. The van der Waals surface area contributed by atoms with E-state index in [0.29, 0.717) is 17.9 Å². The first-order valence-electron chi connectivity index (χ1n) is 5.54. The van der Waals surface area contributed by atoms with Gasteiger partial charge in [-0.05, 0) is 24.6 Å². The number of hydrogen-bond donors (Lipinski definition) is 0. The molecule has 0 saturated heterocycles. The molecule has 17 heavy (non-hydrogen) atoms. The number of carbonyl (C=O) groups excluding carboxylic acids is 1. The van der Waals surface area contributed by atoms with Gasteiger partial charge in [0.25, 0.3) is 0 Å². The zero-order chi connectivity index (χ0) is 12.1. The Hall–Kier alpha value is -2.09. The fraction of sp³-hybridized carbons (Fsp3) is 0.133. The topological polar surface area (TPSA) is 26.3 Å². The summed E-state index contributed by atoms with van der Waals surface area (Å²) in [7, 11) is 0. The van der Waals surface area contributed by atoms with E-state index in [2.05, 4.69) is 0 Å². The Labute approximate surface area is 101 Å². The van der Waals surface area contributed by atoms with Gasteiger partial charge in [0.2, 0.25) is 0 Å². The number of para-hydroxylation sites is 1.